The molecule has 6 heteroatoms. The molecule has 1 atom stereocenters. The van der Waals surface area contributed by atoms with Crippen LogP contribution in [-0.4, -0.2) is 17.0 Å². The first-order valence-electron chi connectivity index (χ1n) is 5.60. The smallest absolute Gasteiger partial charge is 0.307 e. The minimum Gasteiger partial charge on any atom is -0.463 e. The fraction of sp³-hybridized carbons (Fsp3) is 0.417. The van der Waals surface area contributed by atoms with Crippen molar-refractivity contribution in [1.82, 2.24) is 0 Å². The Hall–Kier alpha value is -1.95. The molecule has 0 unspecified atom stereocenters. The highest BCUT2D eigenvalue weighted by Gasteiger charge is 2.21. The van der Waals surface area contributed by atoms with E-state index in [1.54, 1.807) is 32.0 Å². The van der Waals surface area contributed by atoms with Crippen LogP contribution < -0.4 is 5.73 Å². The van der Waals surface area contributed by atoms with E-state index >= 15 is 0 Å². The maximum absolute atomic E-state index is 11.4. The van der Waals surface area contributed by atoms with Crippen molar-refractivity contribution in [2.24, 2.45) is 5.73 Å². The van der Waals surface area contributed by atoms with Gasteiger partial charge >= 0.3 is 5.97 Å². The lowest BCUT2D eigenvalue weighted by molar-refractivity contribution is -0.385. The molecule has 2 N–H and O–H groups in total. The first-order chi connectivity index (χ1) is 8.41. The molecular weight excluding hydrogens is 236 g/mol. The van der Waals surface area contributed by atoms with Crippen LogP contribution in [0.25, 0.3) is 0 Å². The van der Waals surface area contributed by atoms with Crippen LogP contribution in [0.5, 0.6) is 0 Å². The molecule has 0 aliphatic rings. The molecule has 1 aromatic carbocycles. The van der Waals surface area contributed by atoms with Gasteiger partial charge in [-0.25, -0.2) is 0 Å². The van der Waals surface area contributed by atoms with Crippen LogP contribution in [0, 0.1) is 10.1 Å². The summed E-state index contributed by atoms with van der Waals surface area (Å²) in [5.74, 6) is -0.462. The number of nitro benzene ring substituents is 1. The maximum Gasteiger partial charge on any atom is 0.307 e. The number of nitro groups is 1. The Kier molecular flexibility index (Phi) is 4.79. The predicted octanol–water partition coefficient (Wildman–Crippen LogP) is 1.94. The molecule has 0 saturated heterocycles. The van der Waals surface area contributed by atoms with Gasteiger partial charge in [0, 0.05) is 17.7 Å². The van der Waals surface area contributed by atoms with Crippen LogP contribution in [0.15, 0.2) is 24.3 Å². The molecule has 6 nitrogen and oxygen atoms in total. The SMILES string of the molecule is CC(C)OC(=O)C[C@H](N)c1ccccc1[N+](=O)[O-]. The summed E-state index contributed by atoms with van der Waals surface area (Å²) in [5, 5.41) is 10.8. The molecule has 1 rings (SSSR count). The normalized spacial score (nSPS) is 12.2. The molecule has 0 spiro atoms. The number of rotatable bonds is 5. The highest BCUT2D eigenvalue weighted by atomic mass is 16.6. The molecule has 18 heavy (non-hydrogen) atoms. The number of carbonyl (C=O) groups is 1. The van der Waals surface area contributed by atoms with Crippen LogP contribution in [0.2, 0.25) is 0 Å². The van der Waals surface area contributed by atoms with E-state index in [1.165, 1.54) is 6.07 Å². The summed E-state index contributed by atoms with van der Waals surface area (Å²) in [6.07, 6.45) is -0.307. The summed E-state index contributed by atoms with van der Waals surface area (Å²) in [7, 11) is 0. The van der Waals surface area contributed by atoms with Crippen LogP contribution in [0.1, 0.15) is 31.9 Å². The summed E-state index contributed by atoms with van der Waals surface area (Å²) in [4.78, 5) is 21.8. The maximum atomic E-state index is 11.4. The monoisotopic (exact) mass is 252 g/mol. The number of carbonyl (C=O) groups excluding carboxylic acids is 1. The lowest BCUT2D eigenvalue weighted by Gasteiger charge is -2.13. The van der Waals surface area contributed by atoms with Gasteiger partial charge in [-0.1, -0.05) is 18.2 Å². The van der Waals surface area contributed by atoms with Gasteiger partial charge < -0.3 is 10.5 Å². The minimum atomic E-state index is -0.738. The third-order valence-electron chi connectivity index (χ3n) is 2.29. The standard InChI is InChI=1S/C12H16N2O4/c1-8(2)18-12(15)7-10(13)9-5-3-4-6-11(9)14(16)17/h3-6,8,10H,7,13H2,1-2H3/t10-/m0/s1. The number of nitrogens with zero attached hydrogens (tertiary/aromatic N) is 1. The van der Waals surface area contributed by atoms with Crippen molar-refractivity contribution in [2.75, 3.05) is 0 Å². The number of hydrogen-bond donors (Lipinski definition) is 1. The lowest BCUT2D eigenvalue weighted by atomic mass is 10.0. The molecular formula is C12H16N2O4. The Balaban J connectivity index is 2.81. The van der Waals surface area contributed by atoms with Crippen molar-refractivity contribution in [3.63, 3.8) is 0 Å². The highest BCUT2D eigenvalue weighted by Crippen LogP contribution is 2.25. The second kappa shape index (κ2) is 6.11. The van der Waals surface area contributed by atoms with Crippen molar-refractivity contribution in [3.8, 4) is 0 Å². The average Bonchev–Trinajstić information content (AvgIpc) is 2.27. The molecule has 1 aromatic rings. The summed E-state index contributed by atoms with van der Waals surface area (Å²) in [6.45, 7) is 3.46. The zero-order chi connectivity index (χ0) is 13.7. The largest absolute Gasteiger partial charge is 0.463 e. The Morgan fingerprint density at radius 2 is 2.06 bits per heavy atom. The van der Waals surface area contributed by atoms with Gasteiger partial charge in [-0.15, -0.1) is 0 Å². The summed E-state index contributed by atoms with van der Waals surface area (Å²) in [5.41, 5.74) is 6.06. The van der Waals surface area contributed by atoms with Gasteiger partial charge in [-0.3, -0.25) is 14.9 Å². The topological polar surface area (TPSA) is 95.5 Å². The Labute approximate surface area is 105 Å². The number of hydrogen-bond acceptors (Lipinski definition) is 5. The summed E-state index contributed by atoms with van der Waals surface area (Å²) >= 11 is 0. The van der Waals surface area contributed by atoms with Gasteiger partial charge in [0.2, 0.25) is 0 Å². The van der Waals surface area contributed by atoms with E-state index in [2.05, 4.69) is 0 Å². The van der Waals surface area contributed by atoms with Crippen molar-refractivity contribution in [2.45, 2.75) is 32.4 Å². The van der Waals surface area contributed by atoms with Gasteiger partial charge in [0.1, 0.15) is 0 Å². The zero-order valence-corrected chi connectivity index (χ0v) is 10.3. The van der Waals surface area contributed by atoms with E-state index in [4.69, 9.17) is 10.5 Å². The third kappa shape index (κ3) is 3.81. The summed E-state index contributed by atoms with van der Waals surface area (Å²) < 4.78 is 4.95. The molecule has 0 aromatic heterocycles. The third-order valence-corrected chi connectivity index (χ3v) is 2.29. The fourth-order valence-corrected chi connectivity index (χ4v) is 1.57. The van der Waals surface area contributed by atoms with E-state index in [0.29, 0.717) is 5.56 Å². The van der Waals surface area contributed by atoms with Crippen LogP contribution >= 0.6 is 0 Å². The van der Waals surface area contributed by atoms with E-state index < -0.39 is 16.9 Å². The second-order valence-corrected chi connectivity index (χ2v) is 4.17. The highest BCUT2D eigenvalue weighted by molar-refractivity contribution is 5.71. The molecule has 0 bridgehead atoms. The van der Waals surface area contributed by atoms with Crippen LogP contribution in [0.3, 0.4) is 0 Å². The molecule has 0 saturated carbocycles. The van der Waals surface area contributed by atoms with Gasteiger partial charge in [0.05, 0.1) is 17.4 Å². The average molecular weight is 252 g/mol. The summed E-state index contributed by atoms with van der Waals surface area (Å²) in [6, 6.07) is 5.38. The molecule has 0 heterocycles. The van der Waals surface area contributed by atoms with Gasteiger partial charge in [-0.05, 0) is 13.8 Å². The lowest BCUT2D eigenvalue weighted by Crippen LogP contribution is -2.20. The van der Waals surface area contributed by atoms with Gasteiger partial charge in [-0.2, -0.15) is 0 Å². The van der Waals surface area contributed by atoms with Crippen molar-refractivity contribution in [3.05, 3.63) is 39.9 Å². The molecule has 0 aliphatic carbocycles. The van der Waals surface area contributed by atoms with E-state index in [-0.39, 0.29) is 18.2 Å². The number of nitrogens with two attached hydrogens (primary N) is 1. The quantitative estimate of drug-likeness (QED) is 0.490. The van der Waals surface area contributed by atoms with Crippen molar-refractivity contribution in [1.29, 1.82) is 0 Å². The fourth-order valence-electron chi connectivity index (χ4n) is 1.57. The van der Waals surface area contributed by atoms with E-state index in [0.717, 1.165) is 0 Å². The molecule has 0 aliphatic heterocycles. The Morgan fingerprint density at radius 3 is 2.61 bits per heavy atom. The molecule has 0 radical (unpaired) electrons. The number of ether oxygens (including phenoxy) is 1. The second-order valence-electron chi connectivity index (χ2n) is 4.17. The van der Waals surface area contributed by atoms with E-state index in [9.17, 15) is 14.9 Å². The number of para-hydroxylation sites is 1. The molecule has 0 amide bonds. The van der Waals surface area contributed by atoms with Crippen LogP contribution in [0.4, 0.5) is 5.69 Å². The number of esters is 1. The first kappa shape index (κ1) is 14.1. The minimum absolute atomic E-state index is 0.0803. The Morgan fingerprint density at radius 1 is 1.44 bits per heavy atom. The Bertz CT molecular complexity index is 445. The predicted molar refractivity (Wildman–Crippen MR) is 65.9 cm³/mol. The van der Waals surface area contributed by atoms with Crippen molar-refractivity contribution < 1.29 is 14.5 Å². The zero-order valence-electron chi connectivity index (χ0n) is 10.3. The number of benzene rings is 1. The molecule has 98 valence electrons. The van der Waals surface area contributed by atoms with E-state index in [1.807, 2.05) is 0 Å². The van der Waals surface area contributed by atoms with Crippen LogP contribution in [-0.2, 0) is 9.53 Å². The first-order valence-corrected chi connectivity index (χ1v) is 5.60. The van der Waals surface area contributed by atoms with Crippen molar-refractivity contribution >= 4 is 11.7 Å². The van der Waals surface area contributed by atoms with Gasteiger partial charge in [0.25, 0.3) is 5.69 Å². The molecule has 0 fully saturated rings. The van der Waals surface area contributed by atoms with Gasteiger partial charge in [0.15, 0.2) is 0 Å².